The van der Waals surface area contributed by atoms with E-state index >= 15 is 0 Å². The van der Waals surface area contributed by atoms with E-state index in [1.54, 1.807) is 12.3 Å². The molecule has 0 bridgehead atoms. The molecular formula is C34H31BrClN3O3. The molecule has 5 aromatic rings. The van der Waals surface area contributed by atoms with Gasteiger partial charge in [-0.25, -0.2) is 4.98 Å². The van der Waals surface area contributed by atoms with Crippen LogP contribution in [0.2, 0.25) is 5.02 Å². The molecule has 0 saturated carbocycles. The van der Waals surface area contributed by atoms with Gasteiger partial charge in [0.15, 0.2) is 5.82 Å². The van der Waals surface area contributed by atoms with Crippen molar-refractivity contribution in [1.82, 2.24) is 9.66 Å². The van der Waals surface area contributed by atoms with Gasteiger partial charge in [0.05, 0.1) is 23.7 Å². The summed E-state index contributed by atoms with van der Waals surface area (Å²) in [6.07, 6.45) is 1.64. The van der Waals surface area contributed by atoms with Gasteiger partial charge in [0.1, 0.15) is 18.1 Å². The van der Waals surface area contributed by atoms with Gasteiger partial charge in [-0.1, -0.05) is 65.6 Å². The van der Waals surface area contributed by atoms with Crippen LogP contribution in [0.15, 0.2) is 93.2 Å². The number of hydrogen-bond acceptors (Lipinski definition) is 5. The molecule has 6 nitrogen and oxygen atoms in total. The smallest absolute Gasteiger partial charge is 0.282 e. The lowest BCUT2D eigenvalue weighted by atomic mass is 9.96. The molecule has 0 spiro atoms. The third-order valence-electron chi connectivity index (χ3n) is 6.87. The molecule has 214 valence electrons. The maximum atomic E-state index is 13.9. The Morgan fingerprint density at radius 1 is 1.00 bits per heavy atom. The van der Waals surface area contributed by atoms with E-state index in [0.717, 1.165) is 32.5 Å². The summed E-state index contributed by atoms with van der Waals surface area (Å²) < 4.78 is 14.3. The van der Waals surface area contributed by atoms with E-state index in [9.17, 15) is 4.79 Å². The minimum Gasteiger partial charge on any atom is -0.494 e. The van der Waals surface area contributed by atoms with Crippen molar-refractivity contribution < 1.29 is 9.47 Å². The average Bonchev–Trinajstić information content (AvgIpc) is 2.97. The first kappa shape index (κ1) is 29.5. The second-order valence-electron chi connectivity index (χ2n) is 10.2. The molecule has 0 N–H and O–H groups in total. The van der Waals surface area contributed by atoms with Crippen molar-refractivity contribution in [2.24, 2.45) is 5.10 Å². The van der Waals surface area contributed by atoms with Crippen LogP contribution in [0.5, 0.6) is 11.5 Å². The van der Waals surface area contributed by atoms with Gasteiger partial charge in [-0.2, -0.15) is 9.78 Å². The maximum Gasteiger partial charge on any atom is 0.282 e. The van der Waals surface area contributed by atoms with E-state index < -0.39 is 0 Å². The number of ether oxygens (including phenoxy) is 2. The zero-order chi connectivity index (χ0) is 29.8. The highest BCUT2D eigenvalue weighted by atomic mass is 79.9. The monoisotopic (exact) mass is 643 g/mol. The van der Waals surface area contributed by atoms with Crippen LogP contribution >= 0.6 is 27.5 Å². The van der Waals surface area contributed by atoms with Crippen LogP contribution in [0.4, 0.5) is 0 Å². The molecule has 42 heavy (non-hydrogen) atoms. The molecule has 0 unspecified atom stereocenters. The second-order valence-corrected chi connectivity index (χ2v) is 11.6. The summed E-state index contributed by atoms with van der Waals surface area (Å²) in [5.41, 5.74) is 4.83. The topological polar surface area (TPSA) is 65.7 Å². The van der Waals surface area contributed by atoms with E-state index in [1.165, 1.54) is 4.68 Å². The predicted octanol–water partition coefficient (Wildman–Crippen LogP) is 8.77. The fourth-order valence-corrected chi connectivity index (χ4v) is 5.19. The maximum absolute atomic E-state index is 13.9. The van der Waals surface area contributed by atoms with Crippen molar-refractivity contribution in [3.63, 3.8) is 0 Å². The highest BCUT2D eigenvalue weighted by Gasteiger charge is 2.19. The Bertz CT molecular complexity index is 1830. The Morgan fingerprint density at radius 2 is 1.76 bits per heavy atom. The number of aromatic nitrogens is 2. The molecule has 4 aromatic carbocycles. The molecule has 8 heteroatoms. The van der Waals surface area contributed by atoms with Gasteiger partial charge < -0.3 is 9.47 Å². The van der Waals surface area contributed by atoms with Crippen molar-refractivity contribution in [2.45, 2.75) is 40.2 Å². The molecule has 0 amide bonds. The van der Waals surface area contributed by atoms with Crippen LogP contribution in [0.25, 0.3) is 22.3 Å². The number of aryl methyl sites for hydroxylation is 1. The summed E-state index contributed by atoms with van der Waals surface area (Å²) in [4.78, 5) is 18.8. The third kappa shape index (κ3) is 6.42. The number of nitrogens with zero attached hydrogens (tertiary/aromatic N) is 3. The molecule has 5 rings (SSSR count). The molecule has 0 aliphatic rings. The largest absolute Gasteiger partial charge is 0.494 e. The van der Waals surface area contributed by atoms with Crippen LogP contribution in [-0.2, 0) is 6.61 Å². The molecule has 0 radical (unpaired) electrons. The number of hydrogen-bond donors (Lipinski definition) is 0. The van der Waals surface area contributed by atoms with Crippen LogP contribution in [0, 0.1) is 6.92 Å². The van der Waals surface area contributed by atoms with E-state index in [-0.39, 0.29) is 11.5 Å². The Hall–Kier alpha value is -3.94. The van der Waals surface area contributed by atoms with Crippen molar-refractivity contribution in [2.75, 3.05) is 6.61 Å². The minimum atomic E-state index is -0.259. The number of para-hydroxylation sites is 1. The Morgan fingerprint density at radius 3 is 2.50 bits per heavy atom. The van der Waals surface area contributed by atoms with Gasteiger partial charge in [0.2, 0.25) is 0 Å². The molecule has 0 atom stereocenters. The SMILES string of the molecule is CCOc1cc(C)c(-c2nc3ccccc3c(=O)n2N=Cc2cc(Br)ccc2OCc2ccc(Cl)cc2)cc1C(C)C. The van der Waals surface area contributed by atoms with Crippen LogP contribution in [-0.4, -0.2) is 22.5 Å². The van der Waals surface area contributed by atoms with Gasteiger partial charge in [0, 0.05) is 20.6 Å². The number of fused-ring (bicyclic) bond motifs is 1. The van der Waals surface area contributed by atoms with Crippen molar-refractivity contribution in [3.05, 3.63) is 121 Å². The van der Waals surface area contributed by atoms with Gasteiger partial charge >= 0.3 is 0 Å². The lowest BCUT2D eigenvalue weighted by Gasteiger charge is -2.18. The molecular weight excluding hydrogens is 614 g/mol. The normalized spacial score (nSPS) is 11.5. The van der Waals surface area contributed by atoms with Gasteiger partial charge in [-0.05, 0) is 91.1 Å². The first-order valence-corrected chi connectivity index (χ1v) is 14.9. The molecule has 0 saturated heterocycles. The van der Waals surface area contributed by atoms with Crippen molar-refractivity contribution >= 4 is 44.6 Å². The highest BCUT2D eigenvalue weighted by Crippen LogP contribution is 2.34. The van der Waals surface area contributed by atoms with Crippen molar-refractivity contribution in [3.8, 4) is 22.9 Å². The number of halogens is 2. The Labute approximate surface area is 258 Å². The van der Waals surface area contributed by atoms with E-state index in [4.69, 9.17) is 31.2 Å². The quantitative estimate of drug-likeness (QED) is 0.151. The lowest BCUT2D eigenvalue weighted by Crippen LogP contribution is -2.21. The molecule has 0 aliphatic heterocycles. The fourth-order valence-electron chi connectivity index (χ4n) is 4.69. The third-order valence-corrected chi connectivity index (χ3v) is 7.61. The second kappa shape index (κ2) is 12.9. The highest BCUT2D eigenvalue weighted by molar-refractivity contribution is 9.10. The minimum absolute atomic E-state index is 0.206. The van der Waals surface area contributed by atoms with Gasteiger partial charge in [0.25, 0.3) is 5.56 Å². The number of benzene rings is 4. The Kier molecular flexibility index (Phi) is 9.09. The lowest BCUT2D eigenvalue weighted by molar-refractivity contribution is 0.305. The molecule has 0 fully saturated rings. The van der Waals surface area contributed by atoms with Gasteiger partial charge in [-0.15, -0.1) is 0 Å². The van der Waals surface area contributed by atoms with Crippen LogP contribution < -0.4 is 15.0 Å². The Balaban J connectivity index is 1.63. The average molecular weight is 645 g/mol. The zero-order valence-electron chi connectivity index (χ0n) is 23.9. The fraction of sp³-hybridized carbons (Fsp3) is 0.206. The summed E-state index contributed by atoms with van der Waals surface area (Å²) in [7, 11) is 0. The van der Waals surface area contributed by atoms with Crippen LogP contribution in [0.1, 0.15) is 48.9 Å². The predicted molar refractivity (Wildman–Crippen MR) is 174 cm³/mol. The zero-order valence-corrected chi connectivity index (χ0v) is 26.2. The molecule has 1 aromatic heterocycles. The van der Waals surface area contributed by atoms with Crippen molar-refractivity contribution in [1.29, 1.82) is 0 Å². The van der Waals surface area contributed by atoms with E-state index in [0.29, 0.717) is 46.3 Å². The number of rotatable bonds is 9. The standard InChI is InChI=1S/C34H31BrClN3O3/c1-5-41-32-16-22(4)29(18-28(32)21(2)3)33-38-30-9-7-6-8-27(30)34(40)39(33)37-19-24-17-25(35)12-15-31(24)42-20-23-10-13-26(36)14-11-23/h6-19,21H,5,20H2,1-4H3. The van der Waals surface area contributed by atoms with Crippen LogP contribution in [0.3, 0.4) is 0 Å². The first-order chi connectivity index (χ1) is 20.2. The molecule has 1 heterocycles. The van der Waals surface area contributed by atoms with E-state index in [2.05, 4.69) is 35.8 Å². The van der Waals surface area contributed by atoms with E-state index in [1.807, 2.05) is 80.6 Å². The first-order valence-electron chi connectivity index (χ1n) is 13.8. The molecule has 0 aliphatic carbocycles. The summed E-state index contributed by atoms with van der Waals surface area (Å²) >= 11 is 9.58. The van der Waals surface area contributed by atoms with Gasteiger partial charge in [-0.3, -0.25) is 4.79 Å². The summed E-state index contributed by atoms with van der Waals surface area (Å²) in [6.45, 7) is 9.13. The summed E-state index contributed by atoms with van der Waals surface area (Å²) in [5.74, 6) is 2.12. The summed E-state index contributed by atoms with van der Waals surface area (Å²) in [5, 5.41) is 5.87. The summed E-state index contributed by atoms with van der Waals surface area (Å²) in [6, 6.07) is 24.6.